The highest BCUT2D eigenvalue weighted by molar-refractivity contribution is 7.89. The molecule has 0 aromatic heterocycles. The third kappa shape index (κ3) is 4.91. The predicted molar refractivity (Wildman–Crippen MR) is 121 cm³/mol. The van der Waals surface area contributed by atoms with Crippen molar-refractivity contribution >= 4 is 15.9 Å². The molecule has 0 atom stereocenters. The molecule has 172 valence electrons. The standard InChI is InChI=1S/C24H30N2O5S/c1-17(2)19-4-6-21(7-5-19)32(28,29)26-11-9-20(10-12-26)24(27)25-16-18-3-8-22-23(15-18)31-14-13-30-22/h3-8,15,17,20H,9-14,16H2,1-2H3,(H,25,27). The average Bonchev–Trinajstić information content (AvgIpc) is 2.82. The summed E-state index contributed by atoms with van der Waals surface area (Å²) < 4.78 is 38.5. The number of benzene rings is 2. The summed E-state index contributed by atoms with van der Waals surface area (Å²) >= 11 is 0. The molecule has 7 nitrogen and oxygen atoms in total. The fourth-order valence-corrected chi connectivity index (χ4v) is 5.53. The Bertz CT molecular complexity index is 1060. The molecule has 0 unspecified atom stereocenters. The van der Waals surface area contributed by atoms with E-state index in [0.29, 0.717) is 62.3 Å². The van der Waals surface area contributed by atoms with Gasteiger partial charge in [0, 0.05) is 25.6 Å². The van der Waals surface area contributed by atoms with Crippen LogP contribution in [0.4, 0.5) is 0 Å². The monoisotopic (exact) mass is 458 g/mol. The molecule has 4 rings (SSSR count). The molecule has 2 aliphatic heterocycles. The normalized spacial score (nSPS) is 17.3. The van der Waals surface area contributed by atoms with Crippen molar-refractivity contribution in [2.24, 2.45) is 5.92 Å². The summed E-state index contributed by atoms with van der Waals surface area (Å²) in [6.07, 6.45) is 1.02. The van der Waals surface area contributed by atoms with E-state index in [-0.39, 0.29) is 11.8 Å². The number of piperidine rings is 1. The lowest BCUT2D eigenvalue weighted by Gasteiger charge is -2.30. The number of fused-ring (bicyclic) bond motifs is 1. The van der Waals surface area contributed by atoms with Crippen molar-refractivity contribution in [3.63, 3.8) is 0 Å². The van der Waals surface area contributed by atoms with Crippen LogP contribution in [0.3, 0.4) is 0 Å². The first-order valence-electron chi connectivity index (χ1n) is 11.1. The lowest BCUT2D eigenvalue weighted by atomic mass is 9.97. The van der Waals surface area contributed by atoms with Crippen LogP contribution in [-0.2, 0) is 21.4 Å². The van der Waals surface area contributed by atoms with Gasteiger partial charge < -0.3 is 14.8 Å². The highest BCUT2D eigenvalue weighted by Gasteiger charge is 2.32. The van der Waals surface area contributed by atoms with E-state index in [4.69, 9.17) is 9.47 Å². The molecule has 8 heteroatoms. The molecule has 0 radical (unpaired) electrons. The third-order valence-corrected chi connectivity index (χ3v) is 8.00. The summed E-state index contributed by atoms with van der Waals surface area (Å²) in [5.41, 5.74) is 2.05. The molecular formula is C24H30N2O5S. The van der Waals surface area contributed by atoms with Gasteiger partial charge in [-0.1, -0.05) is 32.0 Å². The molecule has 0 bridgehead atoms. The Morgan fingerprint density at radius 1 is 1.03 bits per heavy atom. The van der Waals surface area contributed by atoms with Crippen LogP contribution >= 0.6 is 0 Å². The zero-order valence-electron chi connectivity index (χ0n) is 18.5. The number of carbonyl (C=O) groups excluding carboxylic acids is 1. The highest BCUT2D eigenvalue weighted by Crippen LogP contribution is 2.31. The largest absolute Gasteiger partial charge is 0.486 e. The number of amides is 1. The zero-order valence-corrected chi connectivity index (χ0v) is 19.4. The maximum Gasteiger partial charge on any atom is 0.243 e. The lowest BCUT2D eigenvalue weighted by Crippen LogP contribution is -2.42. The minimum atomic E-state index is -3.54. The summed E-state index contributed by atoms with van der Waals surface area (Å²) in [5.74, 6) is 1.53. The van der Waals surface area contributed by atoms with Gasteiger partial charge in [-0.05, 0) is 54.2 Å². The van der Waals surface area contributed by atoms with Gasteiger partial charge in [0.1, 0.15) is 13.2 Å². The van der Waals surface area contributed by atoms with Gasteiger partial charge in [-0.3, -0.25) is 4.79 Å². The molecule has 1 fully saturated rings. The summed E-state index contributed by atoms with van der Waals surface area (Å²) in [4.78, 5) is 13.0. The van der Waals surface area contributed by atoms with Crippen molar-refractivity contribution in [1.29, 1.82) is 0 Å². The minimum Gasteiger partial charge on any atom is -0.486 e. The van der Waals surface area contributed by atoms with E-state index < -0.39 is 10.0 Å². The first-order valence-corrected chi connectivity index (χ1v) is 12.5. The molecule has 32 heavy (non-hydrogen) atoms. The first kappa shape index (κ1) is 22.6. The van der Waals surface area contributed by atoms with Gasteiger partial charge in [0.25, 0.3) is 0 Å². The number of nitrogens with zero attached hydrogens (tertiary/aromatic N) is 1. The van der Waals surface area contributed by atoms with E-state index in [1.54, 1.807) is 12.1 Å². The molecule has 2 aliphatic rings. The number of ether oxygens (including phenoxy) is 2. The molecule has 2 aromatic carbocycles. The summed E-state index contributed by atoms with van der Waals surface area (Å²) in [5, 5.41) is 2.97. The van der Waals surface area contributed by atoms with Gasteiger partial charge in [-0.2, -0.15) is 4.31 Å². The van der Waals surface area contributed by atoms with Crippen molar-refractivity contribution in [2.45, 2.75) is 44.0 Å². The average molecular weight is 459 g/mol. The second kappa shape index (κ2) is 9.50. The third-order valence-electron chi connectivity index (χ3n) is 6.08. The Morgan fingerprint density at radius 3 is 2.34 bits per heavy atom. The predicted octanol–water partition coefficient (Wildman–Crippen LogP) is 3.30. The fourth-order valence-electron chi connectivity index (χ4n) is 4.06. The van der Waals surface area contributed by atoms with Gasteiger partial charge in [0.2, 0.25) is 15.9 Å². The van der Waals surface area contributed by atoms with Crippen LogP contribution < -0.4 is 14.8 Å². The second-order valence-electron chi connectivity index (χ2n) is 8.60. The van der Waals surface area contributed by atoms with E-state index in [9.17, 15) is 13.2 Å². The van der Waals surface area contributed by atoms with E-state index in [0.717, 1.165) is 16.9 Å². The van der Waals surface area contributed by atoms with Crippen LogP contribution in [0, 0.1) is 5.92 Å². The quantitative estimate of drug-likeness (QED) is 0.718. The summed E-state index contributed by atoms with van der Waals surface area (Å²) in [7, 11) is -3.54. The molecule has 2 aromatic rings. The molecule has 0 aliphatic carbocycles. The first-order chi connectivity index (χ1) is 15.3. The van der Waals surface area contributed by atoms with E-state index in [1.807, 2.05) is 30.3 Å². The van der Waals surface area contributed by atoms with E-state index in [2.05, 4.69) is 19.2 Å². The summed E-state index contributed by atoms with van der Waals surface area (Å²) in [6.45, 7) is 6.30. The molecule has 1 saturated heterocycles. The SMILES string of the molecule is CC(C)c1ccc(S(=O)(=O)N2CCC(C(=O)NCc3ccc4c(c3)OCCO4)CC2)cc1. The molecule has 0 spiro atoms. The number of hydrogen-bond acceptors (Lipinski definition) is 5. The van der Waals surface area contributed by atoms with E-state index >= 15 is 0 Å². The number of carbonyl (C=O) groups is 1. The minimum absolute atomic E-state index is 0.0433. The molecule has 1 N–H and O–H groups in total. The van der Waals surface area contributed by atoms with Gasteiger partial charge in [-0.25, -0.2) is 8.42 Å². The van der Waals surface area contributed by atoms with E-state index in [1.165, 1.54) is 4.31 Å². The maximum absolute atomic E-state index is 13.0. The van der Waals surface area contributed by atoms with Gasteiger partial charge in [0.05, 0.1) is 4.90 Å². The van der Waals surface area contributed by atoms with Gasteiger partial charge in [0.15, 0.2) is 11.5 Å². The molecule has 1 amide bonds. The molecular weight excluding hydrogens is 428 g/mol. The van der Waals surface area contributed by atoms with Crippen LogP contribution in [0.2, 0.25) is 0 Å². The van der Waals surface area contributed by atoms with Crippen molar-refractivity contribution in [3.8, 4) is 11.5 Å². The smallest absolute Gasteiger partial charge is 0.243 e. The molecule has 2 heterocycles. The van der Waals surface area contributed by atoms with Crippen LogP contribution in [0.1, 0.15) is 43.7 Å². The van der Waals surface area contributed by atoms with Crippen LogP contribution in [-0.4, -0.2) is 44.9 Å². The maximum atomic E-state index is 13.0. The number of nitrogens with one attached hydrogen (secondary N) is 1. The Hall–Kier alpha value is -2.58. The molecule has 0 saturated carbocycles. The van der Waals surface area contributed by atoms with Crippen molar-refractivity contribution in [1.82, 2.24) is 9.62 Å². The topological polar surface area (TPSA) is 84.9 Å². The Morgan fingerprint density at radius 2 is 1.69 bits per heavy atom. The van der Waals surface area contributed by atoms with Gasteiger partial charge >= 0.3 is 0 Å². The summed E-state index contributed by atoms with van der Waals surface area (Å²) in [6, 6.07) is 12.7. The zero-order chi connectivity index (χ0) is 22.7. The van der Waals surface area contributed by atoms with Crippen molar-refractivity contribution < 1.29 is 22.7 Å². The van der Waals surface area contributed by atoms with Crippen molar-refractivity contribution in [3.05, 3.63) is 53.6 Å². The van der Waals surface area contributed by atoms with Crippen LogP contribution in [0.25, 0.3) is 0 Å². The Balaban J connectivity index is 1.30. The van der Waals surface area contributed by atoms with Crippen LogP contribution in [0.15, 0.2) is 47.4 Å². The van der Waals surface area contributed by atoms with Gasteiger partial charge in [-0.15, -0.1) is 0 Å². The lowest BCUT2D eigenvalue weighted by molar-refractivity contribution is -0.126. The number of sulfonamides is 1. The highest BCUT2D eigenvalue weighted by atomic mass is 32.2. The fraction of sp³-hybridized carbons (Fsp3) is 0.458. The Kier molecular flexibility index (Phi) is 6.71. The van der Waals surface area contributed by atoms with Crippen molar-refractivity contribution in [2.75, 3.05) is 26.3 Å². The number of hydrogen-bond donors (Lipinski definition) is 1. The number of rotatable bonds is 6. The van der Waals surface area contributed by atoms with Crippen LogP contribution in [0.5, 0.6) is 11.5 Å². The Labute approximate surface area is 189 Å². The second-order valence-corrected chi connectivity index (χ2v) is 10.5.